The number of fused-ring (bicyclic) bond motifs is 3. The van der Waals surface area contributed by atoms with E-state index < -0.39 is 0 Å². The first-order valence-electron chi connectivity index (χ1n) is 7.53. The van der Waals surface area contributed by atoms with Gasteiger partial charge >= 0.3 is 0 Å². The quantitative estimate of drug-likeness (QED) is 0.941. The Labute approximate surface area is 129 Å². The van der Waals surface area contributed by atoms with Crippen LogP contribution in [0.25, 0.3) is 5.69 Å². The molecule has 1 aromatic heterocycles. The molecule has 22 heavy (non-hydrogen) atoms. The van der Waals surface area contributed by atoms with Crippen molar-refractivity contribution in [3.05, 3.63) is 48.3 Å². The van der Waals surface area contributed by atoms with Gasteiger partial charge in [0.2, 0.25) is 11.8 Å². The maximum Gasteiger partial charge on any atom is 0.227 e. The Hall–Kier alpha value is -2.56. The van der Waals surface area contributed by atoms with Crippen LogP contribution < -0.4 is 10.2 Å². The van der Waals surface area contributed by atoms with Crippen LogP contribution in [0.1, 0.15) is 25.5 Å². The second kappa shape index (κ2) is 6.05. The molecule has 5 nitrogen and oxygen atoms in total. The number of hydrogen-bond acceptors (Lipinski definition) is 2. The number of nitrogens with one attached hydrogen (secondary N) is 1. The van der Waals surface area contributed by atoms with Gasteiger partial charge < -0.3 is 14.8 Å². The van der Waals surface area contributed by atoms with Crippen LogP contribution in [0.15, 0.2) is 42.6 Å². The SMILES string of the molecule is CCNC(=O)CCC(=O)N1Cc2cccn2-c2ccccc21. The van der Waals surface area contributed by atoms with Crippen molar-refractivity contribution in [2.45, 2.75) is 26.3 Å². The van der Waals surface area contributed by atoms with Gasteiger partial charge in [0, 0.05) is 31.3 Å². The molecule has 2 amide bonds. The molecule has 0 aliphatic carbocycles. The van der Waals surface area contributed by atoms with Crippen LogP contribution in [0.4, 0.5) is 5.69 Å². The third-order valence-corrected chi connectivity index (χ3v) is 3.83. The van der Waals surface area contributed by atoms with E-state index in [1.807, 2.05) is 49.5 Å². The van der Waals surface area contributed by atoms with Crippen molar-refractivity contribution in [1.29, 1.82) is 0 Å². The lowest BCUT2D eigenvalue weighted by Gasteiger charge is -2.31. The van der Waals surface area contributed by atoms with Crippen LogP contribution in [-0.4, -0.2) is 22.9 Å². The highest BCUT2D eigenvalue weighted by Gasteiger charge is 2.25. The van der Waals surface area contributed by atoms with Gasteiger partial charge in [-0.3, -0.25) is 9.59 Å². The number of para-hydroxylation sites is 2. The standard InChI is InChI=1S/C17H19N3O2/c1-2-18-16(21)9-10-17(22)20-12-13-6-5-11-19(13)14-7-3-4-8-15(14)20/h3-8,11H,2,9-10,12H2,1H3,(H,18,21). The Morgan fingerprint density at radius 2 is 1.86 bits per heavy atom. The number of nitrogens with zero attached hydrogens (tertiary/aromatic N) is 2. The highest BCUT2D eigenvalue weighted by molar-refractivity contribution is 5.97. The van der Waals surface area contributed by atoms with E-state index in [9.17, 15) is 9.59 Å². The van der Waals surface area contributed by atoms with Gasteiger partial charge in [-0.25, -0.2) is 0 Å². The molecule has 1 N–H and O–H groups in total. The van der Waals surface area contributed by atoms with Gasteiger partial charge in [0.05, 0.1) is 17.9 Å². The van der Waals surface area contributed by atoms with Gasteiger partial charge in [-0.05, 0) is 31.2 Å². The van der Waals surface area contributed by atoms with Crippen molar-refractivity contribution in [2.75, 3.05) is 11.4 Å². The zero-order valence-electron chi connectivity index (χ0n) is 12.6. The van der Waals surface area contributed by atoms with Crippen LogP contribution in [0.2, 0.25) is 0 Å². The van der Waals surface area contributed by atoms with Gasteiger partial charge in [-0.15, -0.1) is 0 Å². The van der Waals surface area contributed by atoms with Crippen LogP contribution in [0, 0.1) is 0 Å². The lowest BCUT2D eigenvalue weighted by Crippen LogP contribution is -2.35. The Morgan fingerprint density at radius 3 is 2.64 bits per heavy atom. The molecule has 3 rings (SSSR count). The summed E-state index contributed by atoms with van der Waals surface area (Å²) >= 11 is 0. The minimum Gasteiger partial charge on any atom is -0.356 e. The van der Waals surface area contributed by atoms with Crippen molar-refractivity contribution in [2.24, 2.45) is 0 Å². The largest absolute Gasteiger partial charge is 0.356 e. The minimum absolute atomic E-state index is 0.0221. The summed E-state index contributed by atoms with van der Waals surface area (Å²) in [6.07, 6.45) is 2.46. The molecule has 1 aliphatic rings. The number of anilines is 1. The lowest BCUT2D eigenvalue weighted by molar-refractivity contribution is -0.125. The van der Waals surface area contributed by atoms with Gasteiger partial charge in [0.15, 0.2) is 0 Å². The summed E-state index contributed by atoms with van der Waals surface area (Å²) in [7, 11) is 0. The Morgan fingerprint density at radius 1 is 1.09 bits per heavy atom. The van der Waals surface area contributed by atoms with E-state index in [2.05, 4.69) is 9.88 Å². The third-order valence-electron chi connectivity index (χ3n) is 3.83. The average molecular weight is 297 g/mol. The van der Waals surface area contributed by atoms with E-state index in [4.69, 9.17) is 0 Å². The molecular formula is C17H19N3O2. The average Bonchev–Trinajstić information content (AvgIpc) is 3.01. The number of benzene rings is 1. The van der Waals surface area contributed by atoms with E-state index in [1.165, 1.54) is 0 Å². The summed E-state index contributed by atoms with van der Waals surface area (Å²) in [5.41, 5.74) is 2.97. The topological polar surface area (TPSA) is 54.3 Å². The van der Waals surface area contributed by atoms with Gasteiger partial charge in [-0.1, -0.05) is 12.1 Å². The number of amides is 2. The van der Waals surface area contributed by atoms with E-state index >= 15 is 0 Å². The second-order valence-corrected chi connectivity index (χ2v) is 5.29. The molecule has 114 valence electrons. The predicted octanol–water partition coefficient (Wildman–Crippen LogP) is 2.24. The number of hydrogen-bond donors (Lipinski definition) is 1. The summed E-state index contributed by atoms with van der Waals surface area (Å²) < 4.78 is 2.10. The van der Waals surface area contributed by atoms with E-state index in [1.54, 1.807) is 4.90 Å². The molecule has 1 aromatic carbocycles. The molecule has 0 atom stereocenters. The second-order valence-electron chi connectivity index (χ2n) is 5.29. The van der Waals surface area contributed by atoms with Gasteiger partial charge in [-0.2, -0.15) is 0 Å². The summed E-state index contributed by atoms with van der Waals surface area (Å²) in [6, 6.07) is 11.8. The van der Waals surface area contributed by atoms with Crippen molar-refractivity contribution >= 4 is 17.5 Å². The molecule has 0 spiro atoms. The molecule has 0 fully saturated rings. The first-order valence-corrected chi connectivity index (χ1v) is 7.53. The smallest absolute Gasteiger partial charge is 0.227 e. The summed E-state index contributed by atoms with van der Waals surface area (Å²) in [5.74, 6) is -0.101. The van der Waals surface area contributed by atoms with Crippen LogP contribution in [-0.2, 0) is 16.1 Å². The molecule has 0 unspecified atom stereocenters. The number of aromatic nitrogens is 1. The highest BCUT2D eigenvalue weighted by atomic mass is 16.2. The van der Waals surface area contributed by atoms with Crippen LogP contribution in [0.3, 0.4) is 0 Å². The van der Waals surface area contributed by atoms with Gasteiger partial charge in [0.1, 0.15) is 0 Å². The molecule has 0 saturated heterocycles. The fraction of sp³-hybridized carbons (Fsp3) is 0.294. The predicted molar refractivity (Wildman–Crippen MR) is 84.9 cm³/mol. The number of carbonyl (C=O) groups is 2. The zero-order chi connectivity index (χ0) is 15.5. The maximum absolute atomic E-state index is 12.5. The number of carbonyl (C=O) groups excluding carboxylic acids is 2. The normalized spacial score (nSPS) is 12.5. The molecule has 0 saturated carbocycles. The van der Waals surface area contributed by atoms with Crippen molar-refractivity contribution < 1.29 is 9.59 Å². The Balaban J connectivity index is 1.81. The van der Waals surface area contributed by atoms with E-state index in [0.29, 0.717) is 13.1 Å². The first kappa shape index (κ1) is 14.4. The molecule has 5 heteroatoms. The zero-order valence-corrected chi connectivity index (χ0v) is 12.6. The molecule has 2 heterocycles. The van der Waals surface area contributed by atoms with E-state index in [-0.39, 0.29) is 24.7 Å². The van der Waals surface area contributed by atoms with Crippen molar-refractivity contribution in [3.8, 4) is 5.69 Å². The third kappa shape index (κ3) is 2.62. The van der Waals surface area contributed by atoms with Gasteiger partial charge in [0.25, 0.3) is 0 Å². The van der Waals surface area contributed by atoms with Crippen LogP contribution in [0.5, 0.6) is 0 Å². The fourth-order valence-corrected chi connectivity index (χ4v) is 2.79. The maximum atomic E-state index is 12.5. The first-order chi connectivity index (χ1) is 10.7. The van der Waals surface area contributed by atoms with E-state index in [0.717, 1.165) is 17.1 Å². The molecule has 0 radical (unpaired) electrons. The summed E-state index contributed by atoms with van der Waals surface area (Å²) in [4.78, 5) is 25.9. The van der Waals surface area contributed by atoms with Crippen molar-refractivity contribution in [3.63, 3.8) is 0 Å². The Kier molecular flexibility index (Phi) is 3.96. The highest BCUT2D eigenvalue weighted by Crippen LogP contribution is 2.32. The fourth-order valence-electron chi connectivity index (χ4n) is 2.79. The number of rotatable bonds is 4. The summed E-state index contributed by atoms with van der Waals surface area (Å²) in [5, 5.41) is 2.72. The Bertz CT molecular complexity index is 705. The van der Waals surface area contributed by atoms with Crippen LogP contribution >= 0.6 is 0 Å². The molecular weight excluding hydrogens is 278 g/mol. The minimum atomic E-state index is -0.0791. The lowest BCUT2D eigenvalue weighted by atomic mass is 10.1. The molecule has 0 bridgehead atoms. The monoisotopic (exact) mass is 297 g/mol. The molecule has 1 aliphatic heterocycles. The molecule has 2 aromatic rings. The summed E-state index contributed by atoms with van der Waals surface area (Å²) in [6.45, 7) is 3.00. The van der Waals surface area contributed by atoms with Crippen molar-refractivity contribution in [1.82, 2.24) is 9.88 Å².